The van der Waals surface area contributed by atoms with Crippen LogP contribution in [0.15, 0.2) is 23.5 Å². The fraction of sp³-hybridized carbons (Fsp3) is 0.786. The van der Waals surface area contributed by atoms with E-state index in [1.54, 1.807) is 6.92 Å². The van der Waals surface area contributed by atoms with Gasteiger partial charge in [-0.05, 0) is 118 Å². The number of ether oxygens (including phenoxy) is 1. The molecule has 4 aliphatic carbocycles. The molecule has 0 bridgehead atoms. The molecule has 5 rings (SSSR count). The van der Waals surface area contributed by atoms with Gasteiger partial charge in [-0.1, -0.05) is 19.9 Å². The predicted octanol–water partition coefficient (Wildman–Crippen LogP) is 5.68. The number of Topliss-reactive ketones (excluding diaryl/α,β-unsaturated/α-hetero) is 1. The summed E-state index contributed by atoms with van der Waals surface area (Å²) in [5, 5.41) is 0. The van der Waals surface area contributed by atoms with Crippen LogP contribution in [0, 0.1) is 34.5 Å². The number of hydrogen-bond donors (Lipinski definition) is 0. The molecule has 0 radical (unpaired) electrons. The van der Waals surface area contributed by atoms with Crippen LogP contribution in [0.5, 0.6) is 0 Å². The highest BCUT2D eigenvalue weighted by molar-refractivity contribution is 5.95. The number of esters is 1. The van der Waals surface area contributed by atoms with E-state index in [-0.39, 0.29) is 17.2 Å². The molecular weight excluding hydrogens is 398 g/mol. The Morgan fingerprint density at radius 1 is 1.09 bits per heavy atom. The molecule has 1 heterocycles. The Labute approximate surface area is 193 Å². The van der Waals surface area contributed by atoms with Gasteiger partial charge in [0.15, 0.2) is 5.78 Å². The maximum Gasteiger partial charge on any atom is 0.312 e. The van der Waals surface area contributed by atoms with Crippen LogP contribution in [0.1, 0.15) is 85.0 Å². The lowest BCUT2D eigenvalue weighted by atomic mass is 9.45. The van der Waals surface area contributed by atoms with Crippen molar-refractivity contribution in [2.24, 2.45) is 34.5 Å². The van der Waals surface area contributed by atoms with Crippen LogP contribution in [0.3, 0.4) is 0 Å². The summed E-state index contributed by atoms with van der Waals surface area (Å²) in [4.78, 5) is 27.1. The average molecular weight is 440 g/mol. The second-order valence-corrected chi connectivity index (χ2v) is 11.8. The van der Waals surface area contributed by atoms with E-state index >= 15 is 0 Å². The van der Waals surface area contributed by atoms with Crippen LogP contribution in [0.2, 0.25) is 0 Å². The molecule has 32 heavy (non-hydrogen) atoms. The Morgan fingerprint density at radius 2 is 1.88 bits per heavy atom. The quantitative estimate of drug-likeness (QED) is 0.517. The number of hydrogen-bond acceptors (Lipinski definition) is 4. The smallest absolute Gasteiger partial charge is 0.312 e. The zero-order valence-corrected chi connectivity index (χ0v) is 20.3. The van der Waals surface area contributed by atoms with E-state index in [4.69, 9.17) is 4.74 Å². The van der Waals surface area contributed by atoms with E-state index in [9.17, 15) is 9.59 Å². The molecule has 0 amide bonds. The van der Waals surface area contributed by atoms with Gasteiger partial charge in [0.05, 0.1) is 6.42 Å². The van der Waals surface area contributed by atoms with Gasteiger partial charge in [-0.2, -0.15) is 0 Å². The molecule has 1 saturated heterocycles. The number of allylic oxidation sites excluding steroid dienone is 4. The maximum absolute atomic E-state index is 12.5. The van der Waals surface area contributed by atoms with Crippen LogP contribution in [-0.2, 0) is 14.3 Å². The first-order chi connectivity index (χ1) is 15.3. The highest BCUT2D eigenvalue weighted by Crippen LogP contribution is 2.66. The summed E-state index contributed by atoms with van der Waals surface area (Å²) < 4.78 is 5.86. The van der Waals surface area contributed by atoms with Gasteiger partial charge in [0.25, 0.3) is 0 Å². The summed E-state index contributed by atoms with van der Waals surface area (Å²) in [6.07, 6.45) is 15.5. The molecule has 6 atom stereocenters. The fourth-order valence-corrected chi connectivity index (χ4v) is 8.48. The van der Waals surface area contributed by atoms with Crippen LogP contribution >= 0.6 is 0 Å². The van der Waals surface area contributed by atoms with Crippen molar-refractivity contribution in [2.45, 2.75) is 85.0 Å². The normalized spacial score (nSPS) is 41.2. The standard InChI is InChI=1S/C28H41NO3/c1-19(30)23-8-9-24-22-7-6-20-18-21(32-26(31)12-17-29-15-4-5-16-29)10-13-27(20,2)25(22)11-14-28(23,24)3/h8,18,20,22,24-25H,4-7,9-17H2,1-3H3/t20-,22-,24-,25-,27+,28-/m1/s1. The Balaban J connectivity index is 1.24. The third-order valence-corrected chi connectivity index (χ3v) is 10.3. The minimum Gasteiger partial charge on any atom is -0.431 e. The third kappa shape index (κ3) is 3.71. The first-order valence-electron chi connectivity index (χ1n) is 13.2. The van der Waals surface area contributed by atoms with E-state index in [0.29, 0.717) is 23.7 Å². The van der Waals surface area contributed by atoms with Crippen molar-refractivity contribution >= 4 is 11.8 Å². The van der Waals surface area contributed by atoms with Crippen LogP contribution in [0.4, 0.5) is 0 Å². The number of rotatable bonds is 5. The fourth-order valence-electron chi connectivity index (χ4n) is 8.48. The lowest BCUT2D eigenvalue weighted by Gasteiger charge is -2.59. The van der Waals surface area contributed by atoms with E-state index in [2.05, 4.69) is 30.9 Å². The van der Waals surface area contributed by atoms with Gasteiger partial charge in [-0.25, -0.2) is 0 Å². The number of fused-ring (bicyclic) bond motifs is 5. The largest absolute Gasteiger partial charge is 0.431 e. The number of nitrogens with zero attached hydrogens (tertiary/aromatic N) is 1. The molecule has 3 fully saturated rings. The summed E-state index contributed by atoms with van der Waals surface area (Å²) in [6.45, 7) is 9.72. The molecule has 0 aromatic rings. The van der Waals surface area contributed by atoms with Crippen molar-refractivity contribution in [3.63, 3.8) is 0 Å². The predicted molar refractivity (Wildman–Crippen MR) is 126 cm³/mol. The topological polar surface area (TPSA) is 46.6 Å². The molecule has 5 aliphatic rings. The van der Waals surface area contributed by atoms with Crippen molar-refractivity contribution in [3.05, 3.63) is 23.5 Å². The van der Waals surface area contributed by atoms with Crippen molar-refractivity contribution in [1.82, 2.24) is 4.90 Å². The van der Waals surface area contributed by atoms with Crippen LogP contribution in [0.25, 0.3) is 0 Å². The minimum absolute atomic E-state index is 0.0531. The Kier molecular flexibility index (Phi) is 5.89. The van der Waals surface area contributed by atoms with Gasteiger partial charge < -0.3 is 9.64 Å². The molecule has 176 valence electrons. The van der Waals surface area contributed by atoms with Gasteiger partial charge in [0.1, 0.15) is 5.76 Å². The zero-order chi connectivity index (χ0) is 22.5. The van der Waals surface area contributed by atoms with Crippen LogP contribution in [-0.4, -0.2) is 36.3 Å². The third-order valence-electron chi connectivity index (χ3n) is 10.3. The van der Waals surface area contributed by atoms with Crippen molar-refractivity contribution in [2.75, 3.05) is 19.6 Å². The van der Waals surface area contributed by atoms with Crippen molar-refractivity contribution in [3.8, 4) is 0 Å². The van der Waals surface area contributed by atoms with Gasteiger partial charge >= 0.3 is 5.97 Å². The van der Waals surface area contributed by atoms with Crippen molar-refractivity contribution < 1.29 is 14.3 Å². The molecule has 4 nitrogen and oxygen atoms in total. The first-order valence-corrected chi connectivity index (χ1v) is 13.2. The molecule has 0 aromatic heterocycles. The highest BCUT2D eigenvalue weighted by atomic mass is 16.5. The van der Waals surface area contributed by atoms with E-state index < -0.39 is 0 Å². The van der Waals surface area contributed by atoms with E-state index in [1.807, 2.05) is 0 Å². The summed E-state index contributed by atoms with van der Waals surface area (Å²) in [7, 11) is 0. The van der Waals surface area contributed by atoms with Crippen LogP contribution < -0.4 is 0 Å². The van der Waals surface area contributed by atoms with Gasteiger partial charge in [0.2, 0.25) is 0 Å². The molecule has 2 saturated carbocycles. The monoisotopic (exact) mass is 439 g/mol. The maximum atomic E-state index is 12.5. The molecule has 0 N–H and O–H groups in total. The molecule has 0 spiro atoms. The summed E-state index contributed by atoms with van der Waals surface area (Å²) in [6, 6.07) is 0. The van der Waals surface area contributed by atoms with Gasteiger partial charge in [0, 0.05) is 13.0 Å². The SMILES string of the molecule is CC(=O)C1=CC[C@@H]2[C@H]3CC[C@@H]4C=C(OC(=O)CCN5CCCC5)CC[C@]4(C)[C@@H]3CC[C@]12C. The number of carbonyl (C=O) groups is 2. The molecular formula is C28H41NO3. The zero-order valence-electron chi connectivity index (χ0n) is 20.3. The Hall–Kier alpha value is -1.42. The molecule has 0 unspecified atom stereocenters. The first kappa shape index (κ1) is 22.4. The Morgan fingerprint density at radius 3 is 2.62 bits per heavy atom. The summed E-state index contributed by atoms with van der Waals surface area (Å²) >= 11 is 0. The average Bonchev–Trinajstić information content (AvgIpc) is 3.39. The number of likely N-dealkylation sites (tertiary alicyclic amines) is 1. The summed E-state index contributed by atoms with van der Waals surface area (Å²) in [5.41, 5.74) is 1.51. The second-order valence-electron chi connectivity index (χ2n) is 11.8. The molecule has 1 aliphatic heterocycles. The number of carbonyl (C=O) groups excluding carboxylic acids is 2. The van der Waals surface area contributed by atoms with E-state index in [1.165, 1.54) is 32.1 Å². The molecule has 0 aromatic carbocycles. The second kappa shape index (κ2) is 8.42. The minimum atomic E-state index is -0.0531. The van der Waals surface area contributed by atoms with E-state index in [0.717, 1.165) is 68.5 Å². The lowest BCUT2D eigenvalue weighted by molar-refractivity contribution is -0.141. The van der Waals surface area contributed by atoms with Crippen molar-refractivity contribution in [1.29, 1.82) is 0 Å². The summed E-state index contributed by atoms with van der Waals surface area (Å²) in [5.74, 6) is 3.76. The Bertz CT molecular complexity index is 838. The van der Waals surface area contributed by atoms with Gasteiger partial charge in [-0.15, -0.1) is 0 Å². The number of ketones is 1. The molecule has 4 heteroatoms. The highest BCUT2D eigenvalue weighted by Gasteiger charge is 2.58. The lowest BCUT2D eigenvalue weighted by Crippen LogP contribution is -2.52. The van der Waals surface area contributed by atoms with Gasteiger partial charge in [-0.3, -0.25) is 9.59 Å².